The zero-order chi connectivity index (χ0) is 19.4. The summed E-state index contributed by atoms with van der Waals surface area (Å²) in [4.78, 5) is 35.9. The van der Waals surface area contributed by atoms with Crippen molar-refractivity contribution in [3.8, 4) is 0 Å². The number of amides is 1. The molecule has 0 saturated heterocycles. The molecule has 2 rings (SSSR count). The third kappa shape index (κ3) is 5.14. The summed E-state index contributed by atoms with van der Waals surface area (Å²) in [6.45, 7) is 11.0. The monoisotopic (exact) mass is 378 g/mol. The third-order valence-corrected chi connectivity index (χ3v) is 5.49. The van der Waals surface area contributed by atoms with Gasteiger partial charge in [-0.25, -0.2) is 4.98 Å². The fourth-order valence-electron chi connectivity index (χ4n) is 2.96. The summed E-state index contributed by atoms with van der Waals surface area (Å²) in [5.41, 5.74) is 1.05. The number of carbonyl (C=O) groups is 1. The Balaban J connectivity index is 2.21. The molecule has 0 aliphatic heterocycles. The third-order valence-electron chi connectivity index (χ3n) is 4.44. The van der Waals surface area contributed by atoms with E-state index in [4.69, 9.17) is 0 Å². The maximum atomic E-state index is 12.7. The summed E-state index contributed by atoms with van der Waals surface area (Å²) in [6.07, 6.45) is 1.99. The van der Waals surface area contributed by atoms with Crippen LogP contribution in [-0.2, 0) is 17.8 Å². The lowest BCUT2D eigenvalue weighted by molar-refractivity contribution is -0.122. The van der Waals surface area contributed by atoms with E-state index in [1.807, 2.05) is 25.8 Å². The van der Waals surface area contributed by atoms with Crippen LogP contribution < -0.4 is 10.9 Å². The van der Waals surface area contributed by atoms with Gasteiger partial charge in [0.1, 0.15) is 10.7 Å². The quantitative estimate of drug-likeness (QED) is 0.740. The second kappa shape index (κ2) is 8.77. The van der Waals surface area contributed by atoms with Crippen LogP contribution in [0.15, 0.2) is 4.79 Å². The number of nitrogens with zero attached hydrogens (tertiary/aromatic N) is 2. The fraction of sp³-hybridized carbons (Fsp3) is 0.632. The lowest BCUT2D eigenvalue weighted by Crippen LogP contribution is -2.38. The maximum absolute atomic E-state index is 12.7. The van der Waals surface area contributed by atoms with Crippen LogP contribution in [0.5, 0.6) is 0 Å². The van der Waals surface area contributed by atoms with Crippen LogP contribution in [-0.4, -0.2) is 40.4 Å². The number of aromatic nitrogens is 2. The molecule has 1 amide bonds. The molecule has 2 N–H and O–H groups in total. The van der Waals surface area contributed by atoms with Crippen LogP contribution in [0, 0.1) is 12.8 Å². The first-order chi connectivity index (χ1) is 12.2. The Morgan fingerprint density at radius 1 is 1.35 bits per heavy atom. The molecule has 0 radical (unpaired) electrons. The molecule has 0 bridgehead atoms. The highest BCUT2D eigenvalue weighted by molar-refractivity contribution is 7.18. The second-order valence-corrected chi connectivity index (χ2v) is 8.64. The number of rotatable bonds is 8. The lowest BCUT2D eigenvalue weighted by atomic mass is 9.98. The highest BCUT2D eigenvalue weighted by Crippen LogP contribution is 2.29. The Labute approximate surface area is 159 Å². The van der Waals surface area contributed by atoms with Crippen molar-refractivity contribution in [2.24, 2.45) is 5.92 Å². The smallest absolute Gasteiger partial charge is 0.259 e. The average molecular weight is 379 g/mol. The van der Waals surface area contributed by atoms with Crippen LogP contribution in [0.1, 0.15) is 50.4 Å². The number of thiophene rings is 1. The molecule has 1 atom stereocenters. The van der Waals surface area contributed by atoms with Gasteiger partial charge >= 0.3 is 0 Å². The molecule has 0 fully saturated rings. The van der Waals surface area contributed by atoms with Gasteiger partial charge in [0.15, 0.2) is 0 Å². The molecule has 0 saturated carbocycles. The van der Waals surface area contributed by atoms with Gasteiger partial charge < -0.3 is 10.3 Å². The van der Waals surface area contributed by atoms with Crippen molar-refractivity contribution in [2.45, 2.75) is 60.0 Å². The van der Waals surface area contributed by atoms with Crippen molar-refractivity contribution in [3.05, 3.63) is 26.6 Å². The first kappa shape index (κ1) is 20.6. The van der Waals surface area contributed by atoms with Gasteiger partial charge in [-0.2, -0.15) is 0 Å². The molecule has 2 heterocycles. The van der Waals surface area contributed by atoms with E-state index in [1.54, 1.807) is 11.3 Å². The van der Waals surface area contributed by atoms with E-state index >= 15 is 0 Å². The number of likely N-dealkylation sites (N-methyl/N-ethyl adjacent to an activating group) is 1. The van der Waals surface area contributed by atoms with Gasteiger partial charge in [0.2, 0.25) is 5.91 Å². The van der Waals surface area contributed by atoms with Crippen molar-refractivity contribution in [2.75, 3.05) is 13.6 Å². The molecule has 6 nitrogen and oxygen atoms in total. The van der Waals surface area contributed by atoms with Crippen molar-refractivity contribution < 1.29 is 4.79 Å². The van der Waals surface area contributed by atoms with Crippen LogP contribution in [0.3, 0.4) is 0 Å². The van der Waals surface area contributed by atoms with Gasteiger partial charge in [-0.1, -0.05) is 20.3 Å². The first-order valence-corrected chi connectivity index (χ1v) is 10.0. The number of hydrogen-bond donors (Lipinski definition) is 2. The van der Waals surface area contributed by atoms with Crippen LogP contribution in [0.25, 0.3) is 10.2 Å². The summed E-state index contributed by atoms with van der Waals surface area (Å²) in [7, 11) is 1.85. The SMILES string of the molecule is CC[C@@H](C)Cc1c(C)sc2nc(CN(C)CC(=O)NC(C)C)[nH]c(=O)c12. The number of carbonyl (C=O) groups excluding carboxylic acids is 1. The number of H-pyrrole nitrogens is 1. The predicted molar refractivity (Wildman–Crippen MR) is 108 cm³/mol. The molecular weight excluding hydrogens is 348 g/mol. The van der Waals surface area contributed by atoms with Gasteiger partial charge in [-0.15, -0.1) is 11.3 Å². The van der Waals surface area contributed by atoms with Crippen LogP contribution in [0.4, 0.5) is 0 Å². The van der Waals surface area contributed by atoms with Gasteiger partial charge in [-0.3, -0.25) is 14.5 Å². The van der Waals surface area contributed by atoms with E-state index in [0.29, 0.717) is 18.3 Å². The van der Waals surface area contributed by atoms with E-state index in [1.165, 1.54) is 4.88 Å². The van der Waals surface area contributed by atoms with E-state index in [-0.39, 0.29) is 24.1 Å². The van der Waals surface area contributed by atoms with Gasteiger partial charge in [0, 0.05) is 10.9 Å². The zero-order valence-corrected chi connectivity index (χ0v) is 17.4. The summed E-state index contributed by atoms with van der Waals surface area (Å²) in [5, 5.41) is 3.60. The Morgan fingerprint density at radius 2 is 2.04 bits per heavy atom. The maximum Gasteiger partial charge on any atom is 0.259 e. The largest absolute Gasteiger partial charge is 0.353 e. The summed E-state index contributed by atoms with van der Waals surface area (Å²) in [6, 6.07) is 0.114. The summed E-state index contributed by atoms with van der Waals surface area (Å²) >= 11 is 1.58. The highest BCUT2D eigenvalue weighted by Gasteiger charge is 2.17. The van der Waals surface area contributed by atoms with Crippen molar-refractivity contribution in [3.63, 3.8) is 0 Å². The minimum Gasteiger partial charge on any atom is -0.353 e. The molecule has 0 aliphatic rings. The van der Waals surface area contributed by atoms with Gasteiger partial charge in [-0.05, 0) is 45.7 Å². The topological polar surface area (TPSA) is 78.1 Å². The number of fused-ring (bicyclic) bond motifs is 1. The molecule has 0 spiro atoms. The second-order valence-electron chi connectivity index (χ2n) is 7.44. The van der Waals surface area contributed by atoms with E-state index in [9.17, 15) is 9.59 Å². The molecule has 144 valence electrons. The average Bonchev–Trinajstić information content (AvgIpc) is 2.81. The Hall–Kier alpha value is -1.73. The van der Waals surface area contributed by atoms with Crippen molar-refractivity contribution >= 4 is 27.5 Å². The highest BCUT2D eigenvalue weighted by atomic mass is 32.1. The van der Waals surface area contributed by atoms with Gasteiger partial charge in [0.25, 0.3) is 5.56 Å². The minimum absolute atomic E-state index is 0.0336. The van der Waals surface area contributed by atoms with Crippen LogP contribution in [0.2, 0.25) is 0 Å². The number of aromatic amines is 1. The minimum atomic E-state index is -0.0762. The van der Waals surface area contributed by atoms with E-state index in [0.717, 1.165) is 28.6 Å². The molecule has 0 aliphatic carbocycles. The Bertz CT molecular complexity index is 825. The first-order valence-electron chi connectivity index (χ1n) is 9.20. The number of hydrogen-bond acceptors (Lipinski definition) is 5. The van der Waals surface area contributed by atoms with E-state index < -0.39 is 0 Å². The normalized spacial score (nSPS) is 12.9. The van der Waals surface area contributed by atoms with Crippen LogP contribution >= 0.6 is 11.3 Å². The lowest BCUT2D eigenvalue weighted by Gasteiger charge is -2.16. The zero-order valence-electron chi connectivity index (χ0n) is 16.6. The molecule has 2 aromatic rings. The Morgan fingerprint density at radius 3 is 2.65 bits per heavy atom. The molecule has 0 aromatic carbocycles. The molecule has 2 aromatic heterocycles. The molecular formula is C19H30N4O2S. The summed E-state index contributed by atoms with van der Waals surface area (Å²) in [5.74, 6) is 1.10. The standard InChI is InChI=1S/C19H30N4O2S/c1-7-12(4)8-14-13(5)26-19-17(14)18(25)21-15(22-19)9-23(6)10-16(24)20-11(2)3/h11-12H,7-10H2,1-6H3,(H,20,24)(H,21,22,25)/t12-/m1/s1. The number of aryl methyl sites for hydroxylation is 1. The molecule has 7 heteroatoms. The van der Waals surface area contributed by atoms with Gasteiger partial charge in [0.05, 0.1) is 18.5 Å². The Kier molecular flexibility index (Phi) is 6.94. The summed E-state index contributed by atoms with van der Waals surface area (Å²) < 4.78 is 0. The predicted octanol–water partition coefficient (Wildman–Crippen LogP) is 2.84. The fourth-order valence-corrected chi connectivity index (χ4v) is 4.03. The van der Waals surface area contributed by atoms with Crippen molar-refractivity contribution in [1.29, 1.82) is 0 Å². The molecule has 0 unspecified atom stereocenters. The molecule has 26 heavy (non-hydrogen) atoms. The van der Waals surface area contributed by atoms with Crippen molar-refractivity contribution in [1.82, 2.24) is 20.2 Å². The van der Waals surface area contributed by atoms with E-state index in [2.05, 4.69) is 36.1 Å². The number of nitrogens with one attached hydrogen (secondary N) is 2.